The topological polar surface area (TPSA) is 79.5 Å². The lowest BCUT2D eigenvalue weighted by Gasteiger charge is -2.38. The molecule has 2 aliphatic rings. The van der Waals surface area contributed by atoms with E-state index in [2.05, 4.69) is 9.88 Å². The molecule has 2 aliphatic heterocycles. The van der Waals surface area contributed by atoms with Gasteiger partial charge in [-0.1, -0.05) is 6.07 Å². The van der Waals surface area contributed by atoms with Crippen LogP contribution in [0.15, 0.2) is 24.4 Å². The average Bonchev–Trinajstić information content (AvgIpc) is 3.11. The Morgan fingerprint density at radius 2 is 2.00 bits per heavy atom. The molecule has 6 heteroatoms. The molecule has 1 aromatic heterocycles. The van der Waals surface area contributed by atoms with Crippen molar-refractivity contribution in [2.45, 2.75) is 44.7 Å². The summed E-state index contributed by atoms with van der Waals surface area (Å²) in [6.45, 7) is 4.35. The Morgan fingerprint density at radius 3 is 2.68 bits per heavy atom. The Morgan fingerprint density at radius 1 is 1.24 bits per heavy atom. The fourth-order valence-corrected chi connectivity index (χ4v) is 3.88. The van der Waals surface area contributed by atoms with Crippen LogP contribution >= 0.6 is 0 Å². The molecule has 3 rings (SSSR count). The summed E-state index contributed by atoms with van der Waals surface area (Å²) in [7, 11) is 0. The van der Waals surface area contributed by atoms with Gasteiger partial charge in [-0.2, -0.15) is 0 Å². The largest absolute Gasteiger partial charge is 0.368 e. The third-order valence-corrected chi connectivity index (χ3v) is 5.30. The molecule has 25 heavy (non-hydrogen) atoms. The number of piperidine rings is 1. The van der Waals surface area contributed by atoms with Crippen LogP contribution in [0.1, 0.15) is 36.9 Å². The van der Waals surface area contributed by atoms with E-state index in [-0.39, 0.29) is 17.9 Å². The van der Waals surface area contributed by atoms with Crippen molar-refractivity contribution in [3.8, 4) is 0 Å². The normalized spacial score (nSPS) is 22.6. The average molecular weight is 342 g/mol. The maximum absolute atomic E-state index is 12.4. The molecule has 2 fully saturated rings. The number of hydrogen-bond donors (Lipinski definition) is 1. The Kier molecular flexibility index (Phi) is 5.48. The highest BCUT2D eigenvalue weighted by atomic mass is 16.2. The standard InChI is InChI=1S/C19H26N4O2/c1-14-4-2-10-21-16(14)6-7-18(24)22-12-8-15(9-13-22)23-11-3-5-17(23)19(20)25/h2,4,6-7,10,15,17H,3,5,8-9,11-13H2,1H3,(H2,20,25)/b7-6+. The number of nitrogens with zero attached hydrogens (tertiary/aromatic N) is 3. The van der Waals surface area contributed by atoms with Crippen molar-refractivity contribution in [3.05, 3.63) is 35.7 Å². The SMILES string of the molecule is Cc1cccnc1/C=C/C(=O)N1CCC(N2CCCC2C(N)=O)CC1. The van der Waals surface area contributed by atoms with Crippen molar-refractivity contribution in [1.82, 2.24) is 14.8 Å². The number of amides is 2. The van der Waals surface area contributed by atoms with Crippen LogP contribution in [0.5, 0.6) is 0 Å². The maximum Gasteiger partial charge on any atom is 0.246 e. The van der Waals surface area contributed by atoms with Crippen molar-refractivity contribution in [2.24, 2.45) is 5.73 Å². The third kappa shape index (κ3) is 4.07. The lowest BCUT2D eigenvalue weighted by molar-refractivity contribution is -0.129. The van der Waals surface area contributed by atoms with Crippen molar-refractivity contribution in [3.63, 3.8) is 0 Å². The number of likely N-dealkylation sites (tertiary alicyclic amines) is 2. The first-order chi connectivity index (χ1) is 12.1. The predicted octanol–water partition coefficient (Wildman–Crippen LogP) is 1.34. The number of aryl methyl sites for hydroxylation is 1. The highest BCUT2D eigenvalue weighted by Crippen LogP contribution is 2.26. The summed E-state index contributed by atoms with van der Waals surface area (Å²) in [5.74, 6) is -0.193. The number of nitrogens with two attached hydrogens (primary N) is 1. The summed E-state index contributed by atoms with van der Waals surface area (Å²) in [6.07, 6.45) is 8.80. The van der Waals surface area contributed by atoms with Gasteiger partial charge in [-0.05, 0) is 56.9 Å². The van der Waals surface area contributed by atoms with E-state index in [9.17, 15) is 9.59 Å². The van der Waals surface area contributed by atoms with Crippen LogP contribution in [-0.2, 0) is 9.59 Å². The first-order valence-electron chi connectivity index (χ1n) is 9.00. The van der Waals surface area contributed by atoms with Crippen LogP contribution in [0.25, 0.3) is 6.08 Å². The molecular weight excluding hydrogens is 316 g/mol. The number of rotatable bonds is 4. The molecule has 0 saturated carbocycles. The molecule has 134 valence electrons. The van der Waals surface area contributed by atoms with E-state index < -0.39 is 0 Å². The van der Waals surface area contributed by atoms with Crippen LogP contribution in [0.4, 0.5) is 0 Å². The van der Waals surface area contributed by atoms with Gasteiger partial charge in [0.1, 0.15) is 0 Å². The molecule has 1 atom stereocenters. The van der Waals surface area contributed by atoms with Crippen molar-refractivity contribution >= 4 is 17.9 Å². The number of primary amides is 1. The van der Waals surface area contributed by atoms with Gasteiger partial charge < -0.3 is 10.6 Å². The van der Waals surface area contributed by atoms with Gasteiger partial charge in [-0.3, -0.25) is 19.5 Å². The molecule has 1 unspecified atom stereocenters. The zero-order valence-electron chi connectivity index (χ0n) is 14.7. The van der Waals surface area contributed by atoms with Crippen molar-refractivity contribution < 1.29 is 9.59 Å². The molecule has 0 spiro atoms. The zero-order chi connectivity index (χ0) is 17.8. The van der Waals surface area contributed by atoms with E-state index in [0.717, 1.165) is 56.6 Å². The van der Waals surface area contributed by atoms with Gasteiger partial charge in [0, 0.05) is 31.4 Å². The summed E-state index contributed by atoms with van der Waals surface area (Å²) in [6, 6.07) is 4.09. The van der Waals surface area contributed by atoms with Crippen LogP contribution in [0.2, 0.25) is 0 Å². The molecule has 1 aromatic rings. The van der Waals surface area contributed by atoms with Gasteiger partial charge in [-0.25, -0.2) is 0 Å². The number of hydrogen-bond acceptors (Lipinski definition) is 4. The first kappa shape index (κ1) is 17.6. The smallest absolute Gasteiger partial charge is 0.246 e. The van der Waals surface area contributed by atoms with Gasteiger partial charge in [0.25, 0.3) is 0 Å². The Labute approximate surface area is 148 Å². The number of aromatic nitrogens is 1. The molecule has 2 N–H and O–H groups in total. The highest BCUT2D eigenvalue weighted by Gasteiger charge is 2.36. The maximum atomic E-state index is 12.4. The summed E-state index contributed by atoms with van der Waals surface area (Å²) < 4.78 is 0. The minimum absolute atomic E-state index is 0.0244. The fraction of sp³-hybridized carbons (Fsp3) is 0.526. The predicted molar refractivity (Wildman–Crippen MR) is 96.5 cm³/mol. The fourth-order valence-electron chi connectivity index (χ4n) is 3.88. The van der Waals surface area contributed by atoms with E-state index in [0.29, 0.717) is 6.04 Å². The summed E-state index contributed by atoms with van der Waals surface area (Å²) in [5.41, 5.74) is 7.40. The molecule has 0 bridgehead atoms. The third-order valence-electron chi connectivity index (χ3n) is 5.30. The summed E-state index contributed by atoms with van der Waals surface area (Å²) in [4.78, 5) is 32.4. The number of pyridine rings is 1. The lowest BCUT2D eigenvalue weighted by atomic mass is 10.0. The summed E-state index contributed by atoms with van der Waals surface area (Å²) >= 11 is 0. The van der Waals surface area contributed by atoms with E-state index in [4.69, 9.17) is 5.73 Å². The highest BCUT2D eigenvalue weighted by molar-refractivity contribution is 5.91. The molecule has 2 amide bonds. The van der Waals surface area contributed by atoms with Gasteiger partial charge in [0.05, 0.1) is 11.7 Å². The van der Waals surface area contributed by atoms with E-state index in [1.807, 2.05) is 24.0 Å². The Hall–Kier alpha value is -2.21. The quantitative estimate of drug-likeness (QED) is 0.838. The van der Waals surface area contributed by atoms with Crippen molar-refractivity contribution in [2.75, 3.05) is 19.6 Å². The van der Waals surface area contributed by atoms with E-state index in [1.54, 1.807) is 18.3 Å². The van der Waals surface area contributed by atoms with Crippen molar-refractivity contribution in [1.29, 1.82) is 0 Å². The second kappa shape index (κ2) is 7.78. The minimum Gasteiger partial charge on any atom is -0.368 e. The molecule has 0 radical (unpaired) electrons. The zero-order valence-corrected chi connectivity index (χ0v) is 14.7. The van der Waals surface area contributed by atoms with Crippen LogP contribution in [-0.4, -0.2) is 58.3 Å². The molecule has 6 nitrogen and oxygen atoms in total. The Bertz CT molecular complexity index is 665. The number of carbonyl (C=O) groups is 2. The second-order valence-electron chi connectivity index (χ2n) is 6.89. The van der Waals surface area contributed by atoms with E-state index in [1.165, 1.54) is 0 Å². The van der Waals surface area contributed by atoms with Gasteiger partial charge >= 0.3 is 0 Å². The molecule has 0 aliphatic carbocycles. The molecule has 3 heterocycles. The molecule has 2 saturated heterocycles. The molecular formula is C19H26N4O2. The minimum atomic E-state index is -0.218. The van der Waals surface area contributed by atoms with Crippen LogP contribution in [0, 0.1) is 6.92 Å². The van der Waals surface area contributed by atoms with Gasteiger partial charge in [-0.15, -0.1) is 0 Å². The Balaban J connectivity index is 1.54. The van der Waals surface area contributed by atoms with Gasteiger partial charge in [0.2, 0.25) is 11.8 Å². The monoisotopic (exact) mass is 342 g/mol. The second-order valence-corrected chi connectivity index (χ2v) is 6.89. The molecule has 0 aromatic carbocycles. The lowest BCUT2D eigenvalue weighted by Crippen LogP contribution is -2.51. The number of carbonyl (C=O) groups excluding carboxylic acids is 2. The van der Waals surface area contributed by atoms with Crippen LogP contribution in [0.3, 0.4) is 0 Å². The summed E-state index contributed by atoms with van der Waals surface area (Å²) in [5, 5.41) is 0. The van der Waals surface area contributed by atoms with Gasteiger partial charge in [0.15, 0.2) is 0 Å². The first-order valence-corrected chi connectivity index (χ1v) is 9.00. The van der Waals surface area contributed by atoms with E-state index >= 15 is 0 Å². The van der Waals surface area contributed by atoms with Crippen LogP contribution < -0.4 is 5.73 Å².